The number of rotatable bonds is 9. The van der Waals surface area contributed by atoms with Crippen molar-refractivity contribution in [2.24, 2.45) is 5.92 Å². The number of ether oxygens (including phenoxy) is 2. The van der Waals surface area contributed by atoms with Gasteiger partial charge >= 0.3 is 0 Å². The van der Waals surface area contributed by atoms with Crippen molar-refractivity contribution in [3.8, 4) is 11.5 Å². The van der Waals surface area contributed by atoms with Crippen LogP contribution in [0.1, 0.15) is 25.8 Å². The second-order valence-corrected chi connectivity index (χ2v) is 5.27. The molecule has 1 aromatic rings. The third kappa shape index (κ3) is 6.49. The summed E-state index contributed by atoms with van der Waals surface area (Å²) in [5.41, 5.74) is 1.03. The maximum Gasteiger partial charge on any atom is 0.223 e. The summed E-state index contributed by atoms with van der Waals surface area (Å²) in [6.07, 6.45) is 0.349. The van der Waals surface area contributed by atoms with E-state index in [0.717, 1.165) is 23.6 Å². The molecule has 21 heavy (non-hydrogen) atoms. The van der Waals surface area contributed by atoms with Crippen LogP contribution in [0.15, 0.2) is 18.2 Å². The normalized spacial score (nSPS) is 10.5. The first kappa shape index (κ1) is 17.3. The molecular weight excluding hydrogens is 268 g/mol. The van der Waals surface area contributed by atoms with Crippen LogP contribution in [0.4, 0.5) is 0 Å². The van der Waals surface area contributed by atoms with Gasteiger partial charge in [-0.2, -0.15) is 0 Å². The molecule has 5 nitrogen and oxygen atoms in total. The van der Waals surface area contributed by atoms with Gasteiger partial charge in [-0.05, 0) is 30.7 Å². The molecule has 0 radical (unpaired) electrons. The first-order chi connectivity index (χ1) is 10.1. The zero-order chi connectivity index (χ0) is 15.7. The SMILES string of the molecule is CNC(=O)CCOc1ccc(OC)cc1CNCC(C)C. The van der Waals surface area contributed by atoms with E-state index in [0.29, 0.717) is 25.5 Å². The average molecular weight is 294 g/mol. The fraction of sp³-hybridized carbons (Fsp3) is 0.562. The minimum atomic E-state index is -0.0250. The summed E-state index contributed by atoms with van der Waals surface area (Å²) in [7, 11) is 3.27. The van der Waals surface area contributed by atoms with Crippen molar-refractivity contribution in [2.45, 2.75) is 26.8 Å². The van der Waals surface area contributed by atoms with Gasteiger partial charge in [-0.15, -0.1) is 0 Å². The van der Waals surface area contributed by atoms with Crippen LogP contribution in [0.3, 0.4) is 0 Å². The number of methoxy groups -OCH3 is 1. The number of nitrogens with one attached hydrogen (secondary N) is 2. The van der Waals surface area contributed by atoms with E-state index in [1.54, 1.807) is 14.2 Å². The fourth-order valence-electron chi connectivity index (χ4n) is 1.84. The molecule has 0 saturated carbocycles. The second-order valence-electron chi connectivity index (χ2n) is 5.27. The Kier molecular flexibility index (Phi) is 7.61. The molecule has 0 fully saturated rings. The lowest BCUT2D eigenvalue weighted by Gasteiger charge is -2.14. The van der Waals surface area contributed by atoms with Crippen molar-refractivity contribution in [1.82, 2.24) is 10.6 Å². The Morgan fingerprint density at radius 1 is 1.33 bits per heavy atom. The Morgan fingerprint density at radius 2 is 2.10 bits per heavy atom. The molecule has 5 heteroatoms. The Balaban J connectivity index is 2.65. The standard InChI is InChI=1S/C16H26N2O3/c1-12(2)10-18-11-13-9-14(20-4)5-6-15(13)21-8-7-16(19)17-3/h5-6,9,12,18H,7-8,10-11H2,1-4H3,(H,17,19). The van der Waals surface area contributed by atoms with Crippen LogP contribution in [0, 0.1) is 5.92 Å². The lowest BCUT2D eigenvalue weighted by Crippen LogP contribution is -2.21. The number of carbonyl (C=O) groups is 1. The molecule has 0 aliphatic rings. The van der Waals surface area contributed by atoms with E-state index in [-0.39, 0.29) is 5.91 Å². The van der Waals surface area contributed by atoms with Crippen LogP contribution < -0.4 is 20.1 Å². The smallest absolute Gasteiger partial charge is 0.223 e. The predicted octanol–water partition coefficient (Wildman–Crippen LogP) is 1.96. The van der Waals surface area contributed by atoms with E-state index >= 15 is 0 Å². The van der Waals surface area contributed by atoms with Gasteiger partial charge in [0.15, 0.2) is 0 Å². The Bertz CT molecular complexity index is 447. The Hall–Kier alpha value is -1.75. The summed E-state index contributed by atoms with van der Waals surface area (Å²) in [6, 6.07) is 5.71. The Morgan fingerprint density at radius 3 is 2.71 bits per heavy atom. The first-order valence-corrected chi connectivity index (χ1v) is 7.27. The highest BCUT2D eigenvalue weighted by molar-refractivity contribution is 5.75. The predicted molar refractivity (Wildman–Crippen MR) is 83.7 cm³/mol. The maximum absolute atomic E-state index is 11.2. The molecule has 2 N–H and O–H groups in total. The number of hydrogen-bond donors (Lipinski definition) is 2. The highest BCUT2D eigenvalue weighted by Crippen LogP contribution is 2.24. The largest absolute Gasteiger partial charge is 0.497 e. The van der Waals surface area contributed by atoms with Crippen molar-refractivity contribution in [2.75, 3.05) is 27.3 Å². The van der Waals surface area contributed by atoms with Crippen LogP contribution in [0.5, 0.6) is 11.5 Å². The summed E-state index contributed by atoms with van der Waals surface area (Å²) in [4.78, 5) is 11.2. The molecular formula is C16H26N2O3. The summed E-state index contributed by atoms with van der Waals surface area (Å²) in [5, 5.41) is 5.97. The molecule has 0 aromatic heterocycles. The topological polar surface area (TPSA) is 59.6 Å². The van der Waals surface area contributed by atoms with Gasteiger partial charge in [0, 0.05) is 19.2 Å². The van der Waals surface area contributed by atoms with Crippen LogP contribution in [0.2, 0.25) is 0 Å². The highest BCUT2D eigenvalue weighted by Gasteiger charge is 2.07. The van der Waals surface area contributed by atoms with E-state index in [4.69, 9.17) is 9.47 Å². The maximum atomic E-state index is 11.2. The van der Waals surface area contributed by atoms with Gasteiger partial charge in [-0.3, -0.25) is 4.79 Å². The van der Waals surface area contributed by atoms with E-state index in [1.165, 1.54) is 0 Å². The number of benzene rings is 1. The molecule has 1 amide bonds. The van der Waals surface area contributed by atoms with E-state index in [9.17, 15) is 4.79 Å². The molecule has 0 aliphatic heterocycles. The van der Waals surface area contributed by atoms with Gasteiger partial charge in [0.05, 0.1) is 20.1 Å². The van der Waals surface area contributed by atoms with Crippen LogP contribution in [0.25, 0.3) is 0 Å². The summed E-state index contributed by atoms with van der Waals surface area (Å²) in [5.74, 6) is 2.15. The lowest BCUT2D eigenvalue weighted by molar-refractivity contribution is -0.121. The minimum Gasteiger partial charge on any atom is -0.497 e. The van der Waals surface area contributed by atoms with Crippen molar-refractivity contribution in [3.05, 3.63) is 23.8 Å². The molecule has 1 rings (SSSR count). The van der Waals surface area contributed by atoms with E-state index in [2.05, 4.69) is 24.5 Å². The first-order valence-electron chi connectivity index (χ1n) is 7.27. The molecule has 0 heterocycles. The summed E-state index contributed by atoms with van der Waals surface area (Å²) in [6.45, 7) is 6.35. The molecule has 1 aromatic carbocycles. The number of hydrogen-bond acceptors (Lipinski definition) is 4. The van der Waals surface area contributed by atoms with Crippen LogP contribution >= 0.6 is 0 Å². The van der Waals surface area contributed by atoms with Gasteiger partial charge in [0.2, 0.25) is 5.91 Å². The number of amides is 1. The van der Waals surface area contributed by atoms with E-state index < -0.39 is 0 Å². The molecule has 0 unspecified atom stereocenters. The van der Waals surface area contributed by atoms with Crippen molar-refractivity contribution in [3.63, 3.8) is 0 Å². The molecule has 0 spiro atoms. The third-order valence-electron chi connectivity index (χ3n) is 3.00. The summed E-state index contributed by atoms with van der Waals surface area (Å²) >= 11 is 0. The number of carbonyl (C=O) groups excluding carboxylic acids is 1. The van der Waals surface area contributed by atoms with Gasteiger partial charge in [0.1, 0.15) is 11.5 Å². The van der Waals surface area contributed by atoms with Crippen molar-refractivity contribution >= 4 is 5.91 Å². The van der Waals surface area contributed by atoms with Gasteiger partial charge in [-0.1, -0.05) is 13.8 Å². The fourth-order valence-corrected chi connectivity index (χ4v) is 1.84. The Labute approximate surface area is 127 Å². The molecule has 0 bridgehead atoms. The van der Waals surface area contributed by atoms with Crippen LogP contribution in [-0.4, -0.2) is 33.2 Å². The zero-order valence-electron chi connectivity index (χ0n) is 13.4. The average Bonchev–Trinajstić information content (AvgIpc) is 2.47. The second kappa shape index (κ2) is 9.23. The quantitative estimate of drug-likeness (QED) is 0.731. The van der Waals surface area contributed by atoms with E-state index in [1.807, 2.05) is 18.2 Å². The van der Waals surface area contributed by atoms with Gasteiger partial charge in [0.25, 0.3) is 0 Å². The molecule has 0 saturated heterocycles. The molecule has 0 atom stereocenters. The van der Waals surface area contributed by atoms with Crippen LogP contribution in [-0.2, 0) is 11.3 Å². The van der Waals surface area contributed by atoms with Gasteiger partial charge < -0.3 is 20.1 Å². The monoisotopic (exact) mass is 294 g/mol. The lowest BCUT2D eigenvalue weighted by atomic mass is 10.1. The third-order valence-corrected chi connectivity index (χ3v) is 3.00. The highest BCUT2D eigenvalue weighted by atomic mass is 16.5. The molecule has 0 aliphatic carbocycles. The van der Waals surface area contributed by atoms with Gasteiger partial charge in [-0.25, -0.2) is 0 Å². The van der Waals surface area contributed by atoms with Crippen molar-refractivity contribution in [1.29, 1.82) is 0 Å². The van der Waals surface area contributed by atoms with Crippen molar-refractivity contribution < 1.29 is 14.3 Å². The summed E-state index contributed by atoms with van der Waals surface area (Å²) < 4.78 is 11.0. The minimum absolute atomic E-state index is 0.0250. The molecule has 118 valence electrons. The zero-order valence-corrected chi connectivity index (χ0v) is 13.4.